The molecule has 1 aromatic heterocycles. The molecule has 0 radical (unpaired) electrons. The summed E-state index contributed by atoms with van der Waals surface area (Å²) in [4.78, 5) is 15.0. The molecular weight excluding hydrogens is 242 g/mol. The summed E-state index contributed by atoms with van der Waals surface area (Å²) in [5.74, 6) is -1.68. The molecule has 1 N–H and O–H groups in total. The summed E-state index contributed by atoms with van der Waals surface area (Å²) in [6, 6.07) is 4.26. The van der Waals surface area contributed by atoms with Crippen LogP contribution in [0.5, 0.6) is 0 Å². The number of hydrogen-bond donors (Lipinski definition) is 1. The van der Waals surface area contributed by atoms with Gasteiger partial charge in [-0.2, -0.15) is 0 Å². The molecule has 0 aliphatic heterocycles. The molecule has 4 nitrogen and oxygen atoms in total. The van der Waals surface area contributed by atoms with Gasteiger partial charge in [-0.25, -0.2) is 18.6 Å². The number of alkyl halides is 2. The third-order valence-corrected chi connectivity index (χ3v) is 3.31. The Bertz CT molecular complexity index is 624. The average Bonchev–Trinajstić information content (AvgIpc) is 3.02. The lowest BCUT2D eigenvalue weighted by Crippen LogP contribution is -2.01. The molecule has 2 atom stereocenters. The Hall–Kier alpha value is -1.98. The molecule has 1 aromatic carbocycles. The lowest BCUT2D eigenvalue weighted by atomic mass is 10.2. The molecule has 3 rings (SSSR count). The number of aromatic nitrogens is 2. The lowest BCUT2D eigenvalue weighted by molar-refractivity contribution is 0.0697. The van der Waals surface area contributed by atoms with Gasteiger partial charge in [-0.1, -0.05) is 0 Å². The molecule has 6 heteroatoms. The Labute approximate surface area is 101 Å². The number of hydrogen-bond acceptors (Lipinski definition) is 2. The normalized spacial score (nSPS) is 22.6. The van der Waals surface area contributed by atoms with Crippen LogP contribution in [0.25, 0.3) is 11.0 Å². The summed E-state index contributed by atoms with van der Waals surface area (Å²) in [6.45, 7) is 0. The topological polar surface area (TPSA) is 55.1 Å². The van der Waals surface area contributed by atoms with Crippen LogP contribution in [0.3, 0.4) is 0 Å². The van der Waals surface area contributed by atoms with Gasteiger partial charge in [-0.05, 0) is 24.6 Å². The molecule has 0 spiro atoms. The van der Waals surface area contributed by atoms with Gasteiger partial charge in [0.25, 0.3) is 0 Å². The largest absolute Gasteiger partial charge is 0.478 e. The van der Waals surface area contributed by atoms with Crippen molar-refractivity contribution >= 4 is 17.0 Å². The van der Waals surface area contributed by atoms with Crippen LogP contribution in [0.2, 0.25) is 0 Å². The Kier molecular flexibility index (Phi) is 2.33. The smallest absolute Gasteiger partial charge is 0.335 e. The van der Waals surface area contributed by atoms with Gasteiger partial charge >= 0.3 is 5.97 Å². The first-order valence-corrected chi connectivity index (χ1v) is 5.56. The monoisotopic (exact) mass is 252 g/mol. The van der Waals surface area contributed by atoms with E-state index in [1.54, 1.807) is 10.6 Å². The van der Waals surface area contributed by atoms with Gasteiger partial charge < -0.3 is 9.67 Å². The van der Waals surface area contributed by atoms with Gasteiger partial charge in [0.05, 0.1) is 22.9 Å². The van der Waals surface area contributed by atoms with Crippen LogP contribution in [-0.2, 0) is 0 Å². The van der Waals surface area contributed by atoms with Crippen LogP contribution in [0.15, 0.2) is 24.5 Å². The SMILES string of the molecule is O=C(O)c1ccc2ncn([C@@H]3C[C@@H]3C(F)F)c2c1. The van der Waals surface area contributed by atoms with E-state index in [0.29, 0.717) is 17.5 Å². The third kappa shape index (κ3) is 1.64. The Morgan fingerprint density at radius 1 is 1.50 bits per heavy atom. The highest BCUT2D eigenvalue weighted by molar-refractivity contribution is 5.92. The number of imidazole rings is 1. The minimum atomic E-state index is -2.34. The molecule has 0 amide bonds. The fraction of sp³-hybridized carbons (Fsp3) is 0.333. The van der Waals surface area contributed by atoms with Crippen LogP contribution in [0.1, 0.15) is 22.8 Å². The van der Waals surface area contributed by atoms with Crippen molar-refractivity contribution in [3.8, 4) is 0 Å². The predicted molar refractivity (Wildman–Crippen MR) is 59.8 cm³/mol. The zero-order chi connectivity index (χ0) is 12.9. The number of carboxylic acids is 1. The van der Waals surface area contributed by atoms with E-state index in [9.17, 15) is 13.6 Å². The van der Waals surface area contributed by atoms with Crippen molar-refractivity contribution in [1.29, 1.82) is 0 Å². The van der Waals surface area contributed by atoms with Gasteiger partial charge in [0.1, 0.15) is 0 Å². The molecule has 0 unspecified atom stereocenters. The van der Waals surface area contributed by atoms with Gasteiger partial charge in [-0.15, -0.1) is 0 Å². The first-order chi connectivity index (χ1) is 8.58. The zero-order valence-electron chi connectivity index (χ0n) is 9.25. The second-order valence-corrected chi connectivity index (χ2v) is 4.46. The standard InChI is InChI=1S/C12H10F2N2O2/c13-11(14)7-4-9(7)16-5-15-8-2-1-6(12(17)18)3-10(8)16/h1-3,5,7,9,11H,4H2,(H,17,18)/t7-,9+/m0/s1. The van der Waals surface area contributed by atoms with Crippen LogP contribution >= 0.6 is 0 Å². The molecular formula is C12H10F2N2O2. The molecule has 1 aliphatic rings. The first-order valence-electron chi connectivity index (χ1n) is 5.56. The highest BCUT2D eigenvalue weighted by Crippen LogP contribution is 2.48. The van der Waals surface area contributed by atoms with Gasteiger partial charge in [-0.3, -0.25) is 0 Å². The van der Waals surface area contributed by atoms with Gasteiger partial charge in [0.2, 0.25) is 6.43 Å². The number of fused-ring (bicyclic) bond motifs is 1. The maximum absolute atomic E-state index is 12.5. The summed E-state index contributed by atoms with van der Waals surface area (Å²) in [5.41, 5.74) is 1.36. The predicted octanol–water partition coefficient (Wildman–Crippen LogP) is 2.56. The molecule has 1 aliphatic carbocycles. The highest BCUT2D eigenvalue weighted by atomic mass is 19.3. The minimum Gasteiger partial charge on any atom is -0.478 e. The van der Waals surface area contributed by atoms with Crippen molar-refractivity contribution < 1.29 is 18.7 Å². The van der Waals surface area contributed by atoms with Crippen LogP contribution < -0.4 is 0 Å². The number of benzene rings is 1. The van der Waals surface area contributed by atoms with Crippen LogP contribution in [0, 0.1) is 5.92 Å². The minimum absolute atomic E-state index is 0.137. The van der Waals surface area contributed by atoms with Crippen LogP contribution in [0.4, 0.5) is 8.78 Å². The van der Waals surface area contributed by atoms with Crippen molar-refractivity contribution in [3.05, 3.63) is 30.1 Å². The zero-order valence-corrected chi connectivity index (χ0v) is 9.25. The van der Waals surface area contributed by atoms with Crippen molar-refractivity contribution in [3.63, 3.8) is 0 Å². The third-order valence-electron chi connectivity index (χ3n) is 3.31. The molecule has 2 aromatic rings. The number of carboxylic acid groups (broad SMARTS) is 1. The molecule has 18 heavy (non-hydrogen) atoms. The van der Waals surface area contributed by atoms with E-state index in [2.05, 4.69) is 4.98 Å². The van der Waals surface area contributed by atoms with Crippen molar-refractivity contribution in [2.75, 3.05) is 0 Å². The Morgan fingerprint density at radius 3 is 2.89 bits per heavy atom. The molecule has 1 saturated carbocycles. The Morgan fingerprint density at radius 2 is 2.28 bits per heavy atom. The summed E-state index contributed by atoms with van der Waals surface area (Å²) in [7, 11) is 0. The van der Waals surface area contributed by atoms with Crippen molar-refractivity contribution in [2.24, 2.45) is 5.92 Å². The summed E-state index contributed by atoms with van der Waals surface area (Å²) >= 11 is 0. The van der Waals surface area contributed by atoms with Gasteiger partial charge in [0, 0.05) is 12.0 Å². The van der Waals surface area contributed by atoms with E-state index in [0.717, 1.165) is 0 Å². The fourth-order valence-corrected chi connectivity index (χ4v) is 2.21. The van der Waals surface area contributed by atoms with E-state index in [1.807, 2.05) is 0 Å². The van der Waals surface area contributed by atoms with Crippen LogP contribution in [-0.4, -0.2) is 27.1 Å². The number of halogens is 2. The first kappa shape index (κ1) is 11.1. The lowest BCUT2D eigenvalue weighted by Gasteiger charge is -2.03. The molecule has 94 valence electrons. The maximum atomic E-state index is 12.5. The fourth-order valence-electron chi connectivity index (χ4n) is 2.21. The van der Waals surface area contributed by atoms with Crippen molar-refractivity contribution in [1.82, 2.24) is 9.55 Å². The van der Waals surface area contributed by atoms with E-state index < -0.39 is 18.3 Å². The number of aromatic carboxylic acids is 1. The average molecular weight is 252 g/mol. The summed E-state index contributed by atoms with van der Waals surface area (Å²) < 4.78 is 26.7. The maximum Gasteiger partial charge on any atom is 0.335 e. The molecule has 0 bridgehead atoms. The van der Waals surface area contributed by atoms with E-state index in [-0.39, 0.29) is 11.6 Å². The molecule has 1 fully saturated rings. The quantitative estimate of drug-likeness (QED) is 0.913. The van der Waals surface area contributed by atoms with E-state index in [4.69, 9.17) is 5.11 Å². The van der Waals surface area contributed by atoms with E-state index >= 15 is 0 Å². The number of nitrogens with zero attached hydrogens (tertiary/aromatic N) is 2. The second-order valence-electron chi connectivity index (χ2n) is 4.46. The van der Waals surface area contributed by atoms with E-state index in [1.165, 1.54) is 18.5 Å². The highest BCUT2D eigenvalue weighted by Gasteiger charge is 2.45. The molecule has 1 heterocycles. The summed E-state index contributed by atoms with van der Waals surface area (Å²) in [6.07, 6.45) is -0.417. The van der Waals surface area contributed by atoms with Crippen molar-refractivity contribution in [2.45, 2.75) is 18.9 Å². The van der Waals surface area contributed by atoms with Gasteiger partial charge in [0.15, 0.2) is 0 Å². The number of rotatable bonds is 3. The summed E-state index contributed by atoms with van der Waals surface area (Å²) in [5, 5.41) is 8.92. The Balaban J connectivity index is 2.03. The number of carbonyl (C=O) groups is 1. The second kappa shape index (κ2) is 3.76. The molecule has 0 saturated heterocycles.